The summed E-state index contributed by atoms with van der Waals surface area (Å²) in [7, 11) is -6.08. The zero-order valence-corrected chi connectivity index (χ0v) is 9.76. The summed E-state index contributed by atoms with van der Waals surface area (Å²) in [5.41, 5.74) is 0. The van der Waals surface area contributed by atoms with E-state index in [4.69, 9.17) is 0 Å². The van der Waals surface area contributed by atoms with Crippen LogP contribution in [0, 0.1) is 17.5 Å². The topological polar surface area (TPSA) is 69.7 Å². The summed E-state index contributed by atoms with van der Waals surface area (Å²) < 4.78 is 79.1. The van der Waals surface area contributed by atoms with Gasteiger partial charge in [-0.25, -0.2) is 17.4 Å². The minimum Gasteiger partial charge on any atom is -0.232 e. The molecule has 1 rings (SSSR count). The molecular weight excluding hydrogens is 284 g/mol. The summed E-state index contributed by atoms with van der Waals surface area (Å²) >= 11 is 0. The molecule has 0 aromatic heterocycles. The van der Waals surface area contributed by atoms with Crippen molar-refractivity contribution in [3.05, 3.63) is 29.6 Å². The van der Waals surface area contributed by atoms with Gasteiger partial charge in [0.15, 0.2) is 4.90 Å². The predicted molar refractivity (Wildman–Crippen MR) is 49.5 cm³/mol. The molecular formula is C7H5F3O5PS+. The second kappa shape index (κ2) is 5.54. The second-order valence-corrected chi connectivity index (χ2v) is 4.62. The number of rotatable bonds is 5. The Kier molecular flexibility index (Phi) is 4.58. The Morgan fingerprint density at radius 2 is 1.71 bits per heavy atom. The van der Waals surface area contributed by atoms with Gasteiger partial charge in [0.25, 0.3) is 0 Å². The number of hydrogen-bond donors (Lipinski definition) is 0. The van der Waals surface area contributed by atoms with E-state index in [0.717, 1.165) is 0 Å². The number of hydrogen-bond acceptors (Lipinski definition) is 5. The number of benzene rings is 1. The maximum atomic E-state index is 13.1. The third kappa shape index (κ3) is 3.47. The first-order valence-corrected chi connectivity index (χ1v) is 6.14. The average Bonchev–Trinajstić information content (AvgIpc) is 2.15. The molecule has 10 heteroatoms. The molecule has 0 saturated carbocycles. The lowest BCUT2D eigenvalue weighted by Crippen LogP contribution is -2.12. The molecule has 0 radical (unpaired) electrons. The first-order chi connectivity index (χ1) is 7.88. The average molecular weight is 289 g/mol. The Bertz CT molecular complexity index is 509. The van der Waals surface area contributed by atoms with Crippen LogP contribution in [-0.4, -0.2) is 15.2 Å². The molecule has 0 aliphatic carbocycles. The lowest BCUT2D eigenvalue weighted by atomic mass is 10.3. The minimum absolute atomic E-state index is 0.190. The molecule has 17 heavy (non-hydrogen) atoms. The van der Waals surface area contributed by atoms with Gasteiger partial charge >= 0.3 is 18.8 Å². The third-order valence-corrected chi connectivity index (χ3v) is 3.07. The van der Waals surface area contributed by atoms with Gasteiger partial charge in [0.2, 0.25) is 6.79 Å². The normalized spacial score (nSPS) is 11.9. The number of halogens is 3. The second-order valence-electron chi connectivity index (χ2n) is 2.62. The maximum Gasteiger partial charge on any atom is 0.496 e. The zero-order valence-electron chi connectivity index (χ0n) is 7.95. The maximum absolute atomic E-state index is 13.1. The van der Waals surface area contributed by atoms with Gasteiger partial charge in [-0.1, -0.05) is 0 Å². The van der Waals surface area contributed by atoms with Crippen LogP contribution in [0.25, 0.3) is 0 Å². The largest absolute Gasteiger partial charge is 0.496 e. The Labute approximate surface area is 95.6 Å². The van der Waals surface area contributed by atoms with E-state index in [1.54, 1.807) is 0 Å². The molecule has 94 valence electrons. The van der Waals surface area contributed by atoms with Crippen LogP contribution >= 0.6 is 8.69 Å². The Balaban J connectivity index is 3.11. The van der Waals surface area contributed by atoms with Crippen LogP contribution in [0.1, 0.15) is 0 Å². The van der Waals surface area contributed by atoms with Gasteiger partial charge in [-0.15, -0.1) is 4.52 Å². The fraction of sp³-hybridized carbons (Fsp3) is 0.143. The molecule has 0 heterocycles. The van der Waals surface area contributed by atoms with Crippen molar-refractivity contribution in [1.82, 2.24) is 0 Å². The van der Waals surface area contributed by atoms with Gasteiger partial charge in [0.1, 0.15) is 17.5 Å². The molecule has 0 fully saturated rings. The van der Waals surface area contributed by atoms with Crippen LogP contribution in [-0.2, 0) is 23.4 Å². The van der Waals surface area contributed by atoms with Crippen molar-refractivity contribution in [2.24, 2.45) is 0 Å². The van der Waals surface area contributed by atoms with E-state index in [1.807, 2.05) is 0 Å². The SMILES string of the molecule is O=[PH+]OCOS(=O)(=O)c1c(F)cc(F)cc1F. The quantitative estimate of drug-likeness (QED) is 0.357. The summed E-state index contributed by atoms with van der Waals surface area (Å²) in [6.07, 6.45) is 0. The predicted octanol–water partition coefficient (Wildman–Crippen LogP) is 1.72. The van der Waals surface area contributed by atoms with Crippen LogP contribution < -0.4 is 0 Å². The molecule has 1 unspecified atom stereocenters. The molecule has 0 spiro atoms. The van der Waals surface area contributed by atoms with Crippen LogP contribution in [0.5, 0.6) is 0 Å². The van der Waals surface area contributed by atoms with Gasteiger partial charge in [0.05, 0.1) is 0 Å². The van der Waals surface area contributed by atoms with E-state index in [-0.39, 0.29) is 12.1 Å². The third-order valence-electron chi connectivity index (χ3n) is 1.53. The first kappa shape index (κ1) is 14.0. The summed E-state index contributed by atoms with van der Waals surface area (Å²) in [5.74, 6) is -4.53. The fourth-order valence-electron chi connectivity index (χ4n) is 0.938. The van der Waals surface area contributed by atoms with E-state index in [0.29, 0.717) is 0 Å². The standard InChI is InChI=1S/C7H5F3O5PS/c8-4-1-5(9)7(6(10)2-4)17(12,13)15-3-14-16-11/h1-2,16H,3H2/q+1. The highest BCUT2D eigenvalue weighted by molar-refractivity contribution is 7.86. The Hall–Kier alpha value is -1.02. The van der Waals surface area contributed by atoms with Gasteiger partial charge < -0.3 is 0 Å². The van der Waals surface area contributed by atoms with E-state index in [9.17, 15) is 26.2 Å². The zero-order chi connectivity index (χ0) is 13.1. The highest BCUT2D eigenvalue weighted by Gasteiger charge is 2.26. The highest BCUT2D eigenvalue weighted by Crippen LogP contribution is 2.22. The van der Waals surface area contributed by atoms with Crippen LogP contribution in [0.2, 0.25) is 0 Å². The monoisotopic (exact) mass is 289 g/mol. The Morgan fingerprint density at radius 3 is 2.18 bits per heavy atom. The van der Waals surface area contributed by atoms with Crippen molar-refractivity contribution in [2.45, 2.75) is 4.90 Å². The van der Waals surface area contributed by atoms with Crippen molar-refractivity contribution >= 4 is 18.8 Å². The van der Waals surface area contributed by atoms with Crippen molar-refractivity contribution < 1.29 is 34.9 Å². The Morgan fingerprint density at radius 1 is 1.18 bits per heavy atom. The summed E-state index contributed by atoms with van der Waals surface area (Å²) in [4.78, 5) is -1.43. The van der Waals surface area contributed by atoms with Crippen molar-refractivity contribution in [2.75, 3.05) is 6.79 Å². The van der Waals surface area contributed by atoms with Crippen molar-refractivity contribution in [3.63, 3.8) is 0 Å². The van der Waals surface area contributed by atoms with Crippen LogP contribution in [0.4, 0.5) is 13.2 Å². The minimum atomic E-state index is -4.79. The molecule has 0 amide bonds. The van der Waals surface area contributed by atoms with E-state index >= 15 is 0 Å². The molecule has 0 N–H and O–H groups in total. The fourth-order valence-corrected chi connectivity index (χ4v) is 2.02. The molecule has 0 saturated heterocycles. The molecule has 0 aliphatic heterocycles. The first-order valence-electron chi connectivity index (χ1n) is 3.91. The molecule has 0 aliphatic rings. The molecule has 1 aromatic carbocycles. The lowest BCUT2D eigenvalue weighted by molar-refractivity contribution is 0.139. The van der Waals surface area contributed by atoms with Crippen molar-refractivity contribution in [3.8, 4) is 0 Å². The highest BCUT2D eigenvalue weighted by atomic mass is 32.2. The van der Waals surface area contributed by atoms with E-state index in [1.165, 1.54) is 0 Å². The van der Waals surface area contributed by atoms with E-state index in [2.05, 4.69) is 8.71 Å². The molecule has 1 atom stereocenters. The van der Waals surface area contributed by atoms with Gasteiger partial charge in [-0.05, 0) is 4.57 Å². The van der Waals surface area contributed by atoms with E-state index < -0.39 is 47.9 Å². The van der Waals surface area contributed by atoms with Gasteiger partial charge in [0, 0.05) is 12.1 Å². The summed E-state index contributed by atoms with van der Waals surface area (Å²) in [6.45, 7) is -0.972. The van der Waals surface area contributed by atoms with Gasteiger partial charge in [-0.2, -0.15) is 8.42 Å². The summed E-state index contributed by atoms with van der Waals surface area (Å²) in [6, 6.07) is 0.380. The van der Waals surface area contributed by atoms with Gasteiger partial charge in [-0.3, -0.25) is 0 Å². The lowest BCUT2D eigenvalue weighted by Gasteiger charge is -2.05. The van der Waals surface area contributed by atoms with Crippen LogP contribution in [0.15, 0.2) is 17.0 Å². The van der Waals surface area contributed by atoms with Crippen LogP contribution in [0.3, 0.4) is 0 Å². The van der Waals surface area contributed by atoms with Crippen molar-refractivity contribution in [1.29, 1.82) is 0 Å². The summed E-state index contributed by atoms with van der Waals surface area (Å²) in [5, 5.41) is 0. The molecule has 1 aromatic rings. The molecule has 5 nitrogen and oxygen atoms in total. The smallest absolute Gasteiger partial charge is 0.232 e. The molecule has 0 bridgehead atoms.